The van der Waals surface area contributed by atoms with Crippen molar-refractivity contribution in [3.63, 3.8) is 0 Å². The molecule has 5 heteroatoms. The smallest absolute Gasteiger partial charge is 0.220 e. The van der Waals surface area contributed by atoms with Crippen LogP contribution in [-0.2, 0) is 4.79 Å². The monoisotopic (exact) mass is 296 g/mol. The van der Waals surface area contributed by atoms with E-state index < -0.39 is 17.7 Å². The third-order valence-corrected chi connectivity index (χ3v) is 4.02. The fraction of sp³-hybridized carbons (Fsp3) is 0.562. The van der Waals surface area contributed by atoms with E-state index in [4.69, 9.17) is 0 Å². The number of nitrogens with one attached hydrogen (secondary N) is 2. The van der Waals surface area contributed by atoms with Crippen LogP contribution in [0.25, 0.3) is 0 Å². The normalized spacial score (nSPS) is 19.5. The van der Waals surface area contributed by atoms with E-state index in [0.29, 0.717) is 18.8 Å². The van der Waals surface area contributed by atoms with Crippen LogP contribution < -0.4 is 10.6 Å². The van der Waals surface area contributed by atoms with Crippen LogP contribution in [0.5, 0.6) is 0 Å². The van der Waals surface area contributed by atoms with Gasteiger partial charge in [-0.25, -0.2) is 8.78 Å². The number of carbonyl (C=O) groups excluding carboxylic acids is 1. The van der Waals surface area contributed by atoms with Crippen LogP contribution in [0, 0.1) is 17.6 Å². The maximum absolute atomic E-state index is 13.8. The molecular weight excluding hydrogens is 274 g/mol. The summed E-state index contributed by atoms with van der Waals surface area (Å²) in [5, 5.41) is 6.07. The van der Waals surface area contributed by atoms with Crippen LogP contribution in [-0.4, -0.2) is 19.0 Å². The first kappa shape index (κ1) is 15.9. The minimum absolute atomic E-state index is 0.0996. The van der Waals surface area contributed by atoms with Gasteiger partial charge < -0.3 is 10.6 Å². The minimum atomic E-state index is -0.490. The highest BCUT2D eigenvalue weighted by atomic mass is 19.1. The fourth-order valence-electron chi connectivity index (χ4n) is 2.74. The molecule has 1 heterocycles. The first-order valence-electron chi connectivity index (χ1n) is 7.55. The molecule has 1 fully saturated rings. The number of hydrogen-bond donors (Lipinski definition) is 2. The molecule has 1 amide bonds. The van der Waals surface area contributed by atoms with Gasteiger partial charge in [0.15, 0.2) is 0 Å². The first-order chi connectivity index (χ1) is 10.1. The van der Waals surface area contributed by atoms with E-state index in [1.165, 1.54) is 0 Å². The zero-order chi connectivity index (χ0) is 15.2. The Morgan fingerprint density at radius 1 is 1.48 bits per heavy atom. The standard InChI is InChI=1S/C16H22F2N2O/c1-2-15(13-9-12(17)4-5-14(13)18)20-16(21)6-3-11-7-8-19-10-11/h4-5,9,11,15,19H,2-3,6-8,10H2,1H3,(H,20,21). The SMILES string of the molecule is CCC(NC(=O)CCC1CCNC1)c1cc(F)ccc1F. The van der Waals surface area contributed by atoms with Crippen LogP contribution in [0.15, 0.2) is 18.2 Å². The molecule has 0 bridgehead atoms. The zero-order valence-corrected chi connectivity index (χ0v) is 12.3. The largest absolute Gasteiger partial charge is 0.349 e. The van der Waals surface area contributed by atoms with Gasteiger partial charge in [-0.3, -0.25) is 4.79 Å². The molecule has 116 valence electrons. The molecule has 1 aliphatic rings. The molecule has 0 radical (unpaired) electrons. The summed E-state index contributed by atoms with van der Waals surface area (Å²) in [5.74, 6) is -0.529. The van der Waals surface area contributed by atoms with E-state index in [2.05, 4.69) is 10.6 Å². The van der Waals surface area contributed by atoms with Crippen LogP contribution in [0.2, 0.25) is 0 Å². The highest BCUT2D eigenvalue weighted by molar-refractivity contribution is 5.76. The van der Waals surface area contributed by atoms with Gasteiger partial charge in [0.1, 0.15) is 11.6 Å². The van der Waals surface area contributed by atoms with Crippen molar-refractivity contribution in [2.24, 2.45) is 5.92 Å². The van der Waals surface area contributed by atoms with Crippen molar-refractivity contribution in [1.82, 2.24) is 10.6 Å². The van der Waals surface area contributed by atoms with Crippen LogP contribution >= 0.6 is 0 Å². The number of carbonyl (C=O) groups is 1. The van der Waals surface area contributed by atoms with Crippen molar-refractivity contribution in [3.05, 3.63) is 35.4 Å². The summed E-state index contributed by atoms with van der Waals surface area (Å²) >= 11 is 0. The molecule has 1 saturated heterocycles. The first-order valence-corrected chi connectivity index (χ1v) is 7.55. The third-order valence-electron chi connectivity index (χ3n) is 4.02. The average Bonchev–Trinajstić information content (AvgIpc) is 2.98. The summed E-state index contributed by atoms with van der Waals surface area (Å²) in [4.78, 5) is 12.0. The summed E-state index contributed by atoms with van der Waals surface area (Å²) in [6, 6.07) is 2.87. The summed E-state index contributed by atoms with van der Waals surface area (Å²) in [7, 11) is 0. The summed E-state index contributed by atoms with van der Waals surface area (Å²) in [6.45, 7) is 3.82. The van der Waals surface area contributed by atoms with E-state index in [1.54, 1.807) is 0 Å². The Morgan fingerprint density at radius 2 is 2.29 bits per heavy atom. The minimum Gasteiger partial charge on any atom is -0.349 e. The molecule has 0 aromatic heterocycles. The Kier molecular flexibility index (Phi) is 5.67. The maximum Gasteiger partial charge on any atom is 0.220 e. The quantitative estimate of drug-likeness (QED) is 0.847. The Labute approximate surface area is 124 Å². The van der Waals surface area contributed by atoms with Crippen molar-refractivity contribution < 1.29 is 13.6 Å². The third kappa shape index (κ3) is 4.49. The lowest BCUT2D eigenvalue weighted by atomic mass is 10.0. The Bertz CT molecular complexity index is 487. The van der Waals surface area contributed by atoms with Gasteiger partial charge in [-0.2, -0.15) is 0 Å². The number of amides is 1. The molecule has 21 heavy (non-hydrogen) atoms. The van der Waals surface area contributed by atoms with Crippen molar-refractivity contribution in [2.75, 3.05) is 13.1 Å². The van der Waals surface area contributed by atoms with Gasteiger partial charge in [0.05, 0.1) is 6.04 Å². The second-order valence-corrected chi connectivity index (χ2v) is 5.59. The van der Waals surface area contributed by atoms with E-state index in [-0.39, 0.29) is 11.5 Å². The lowest BCUT2D eigenvalue weighted by Crippen LogP contribution is -2.29. The number of rotatable bonds is 6. The van der Waals surface area contributed by atoms with Crippen molar-refractivity contribution >= 4 is 5.91 Å². The number of benzene rings is 1. The van der Waals surface area contributed by atoms with Crippen LogP contribution in [0.4, 0.5) is 8.78 Å². The summed E-state index contributed by atoms with van der Waals surface area (Å²) in [5.41, 5.74) is 0.216. The van der Waals surface area contributed by atoms with E-state index in [1.807, 2.05) is 6.92 Å². The lowest BCUT2D eigenvalue weighted by Gasteiger charge is -2.19. The summed E-state index contributed by atoms with van der Waals surface area (Å²) in [6.07, 6.45) is 2.89. The molecule has 3 nitrogen and oxygen atoms in total. The van der Waals surface area contributed by atoms with Crippen molar-refractivity contribution in [3.8, 4) is 0 Å². The molecule has 1 aromatic rings. The molecule has 2 unspecified atom stereocenters. The molecule has 2 N–H and O–H groups in total. The average molecular weight is 296 g/mol. The van der Waals surface area contributed by atoms with Gasteiger partial charge in [-0.1, -0.05) is 6.92 Å². The lowest BCUT2D eigenvalue weighted by molar-refractivity contribution is -0.122. The molecule has 2 rings (SSSR count). The number of halogens is 2. The molecule has 1 aromatic carbocycles. The molecule has 2 atom stereocenters. The van der Waals surface area contributed by atoms with Gasteiger partial charge in [-0.05, 0) is 56.5 Å². The van der Waals surface area contributed by atoms with Gasteiger partial charge in [0.2, 0.25) is 5.91 Å². The predicted octanol–water partition coefficient (Wildman–Crippen LogP) is 2.92. The molecular formula is C16H22F2N2O. The summed E-state index contributed by atoms with van der Waals surface area (Å²) < 4.78 is 27.0. The Hall–Kier alpha value is -1.49. The van der Waals surface area contributed by atoms with Gasteiger partial charge in [-0.15, -0.1) is 0 Å². The zero-order valence-electron chi connectivity index (χ0n) is 12.3. The molecule has 0 aliphatic carbocycles. The van der Waals surface area contributed by atoms with E-state index in [0.717, 1.165) is 44.1 Å². The Balaban J connectivity index is 1.91. The van der Waals surface area contributed by atoms with Crippen molar-refractivity contribution in [1.29, 1.82) is 0 Å². The molecule has 1 aliphatic heterocycles. The highest BCUT2D eigenvalue weighted by Gasteiger charge is 2.19. The van der Waals surface area contributed by atoms with Gasteiger partial charge in [0, 0.05) is 12.0 Å². The second kappa shape index (κ2) is 7.50. The van der Waals surface area contributed by atoms with Crippen LogP contribution in [0.3, 0.4) is 0 Å². The predicted molar refractivity (Wildman–Crippen MR) is 77.7 cm³/mol. The number of hydrogen-bond acceptors (Lipinski definition) is 2. The van der Waals surface area contributed by atoms with E-state index >= 15 is 0 Å². The van der Waals surface area contributed by atoms with Gasteiger partial charge in [0.25, 0.3) is 0 Å². The fourth-order valence-corrected chi connectivity index (χ4v) is 2.74. The van der Waals surface area contributed by atoms with Gasteiger partial charge >= 0.3 is 0 Å². The highest BCUT2D eigenvalue weighted by Crippen LogP contribution is 2.22. The maximum atomic E-state index is 13.8. The van der Waals surface area contributed by atoms with Crippen LogP contribution in [0.1, 0.15) is 44.2 Å². The second-order valence-electron chi connectivity index (χ2n) is 5.59. The molecule has 0 saturated carbocycles. The molecule has 0 spiro atoms. The topological polar surface area (TPSA) is 41.1 Å². The Morgan fingerprint density at radius 3 is 2.95 bits per heavy atom. The van der Waals surface area contributed by atoms with E-state index in [9.17, 15) is 13.6 Å². The van der Waals surface area contributed by atoms with Crippen molar-refractivity contribution in [2.45, 2.75) is 38.6 Å².